The van der Waals surface area contributed by atoms with Crippen molar-refractivity contribution in [2.24, 2.45) is 0 Å². The lowest BCUT2D eigenvalue weighted by Gasteiger charge is -2.33. The second-order valence-corrected chi connectivity index (χ2v) is 8.30. The first-order chi connectivity index (χ1) is 14.7. The van der Waals surface area contributed by atoms with Crippen LogP contribution < -0.4 is 0 Å². The Morgan fingerprint density at radius 2 is 1.93 bits per heavy atom. The molecular weight excluding hydrogens is 396 g/mol. The zero-order valence-corrected chi connectivity index (χ0v) is 17.6. The Bertz CT molecular complexity index is 1160. The second kappa shape index (κ2) is 8.13. The average molecular weight is 419 g/mol. The van der Waals surface area contributed by atoms with Gasteiger partial charge in [0.15, 0.2) is 5.65 Å². The third-order valence-corrected chi connectivity index (χ3v) is 6.06. The van der Waals surface area contributed by atoms with Gasteiger partial charge in [-0.3, -0.25) is 4.90 Å². The predicted molar refractivity (Wildman–Crippen MR) is 117 cm³/mol. The van der Waals surface area contributed by atoms with E-state index in [2.05, 4.69) is 38.1 Å². The molecule has 0 radical (unpaired) electrons. The van der Waals surface area contributed by atoms with Crippen molar-refractivity contribution < 1.29 is 0 Å². The molecule has 1 fully saturated rings. The fourth-order valence-corrected chi connectivity index (χ4v) is 4.53. The van der Waals surface area contributed by atoms with E-state index in [1.165, 1.54) is 17.7 Å². The first-order valence-electron chi connectivity index (χ1n) is 10.3. The van der Waals surface area contributed by atoms with E-state index in [0.29, 0.717) is 5.92 Å². The molecule has 1 atom stereocenters. The first kappa shape index (κ1) is 19.2. The van der Waals surface area contributed by atoms with Crippen molar-refractivity contribution in [2.75, 3.05) is 13.1 Å². The van der Waals surface area contributed by atoms with Gasteiger partial charge in [0, 0.05) is 36.4 Å². The van der Waals surface area contributed by atoms with Gasteiger partial charge in [-0.25, -0.2) is 19.5 Å². The molecule has 7 heteroatoms. The smallest absolute Gasteiger partial charge is 0.164 e. The quantitative estimate of drug-likeness (QED) is 0.487. The fourth-order valence-electron chi connectivity index (χ4n) is 4.41. The van der Waals surface area contributed by atoms with Crippen LogP contribution in [0.3, 0.4) is 0 Å². The van der Waals surface area contributed by atoms with Gasteiger partial charge in [-0.2, -0.15) is 5.10 Å². The maximum Gasteiger partial charge on any atom is 0.164 e. The van der Waals surface area contributed by atoms with E-state index in [4.69, 9.17) is 16.7 Å². The molecule has 0 bridgehead atoms. The van der Waals surface area contributed by atoms with Gasteiger partial charge >= 0.3 is 0 Å². The van der Waals surface area contributed by atoms with Gasteiger partial charge in [0.1, 0.15) is 6.33 Å². The van der Waals surface area contributed by atoms with E-state index in [9.17, 15) is 0 Å². The minimum Gasteiger partial charge on any atom is -0.298 e. The summed E-state index contributed by atoms with van der Waals surface area (Å²) in [6.07, 6.45) is 7.54. The molecule has 0 saturated carbocycles. The number of benzene rings is 1. The van der Waals surface area contributed by atoms with Gasteiger partial charge in [-0.1, -0.05) is 23.7 Å². The van der Waals surface area contributed by atoms with Gasteiger partial charge in [0.2, 0.25) is 0 Å². The largest absolute Gasteiger partial charge is 0.298 e. The van der Waals surface area contributed by atoms with Crippen molar-refractivity contribution in [3.63, 3.8) is 0 Å². The van der Waals surface area contributed by atoms with Crippen LogP contribution in [-0.2, 0) is 6.54 Å². The molecule has 0 amide bonds. The van der Waals surface area contributed by atoms with Crippen LogP contribution in [0, 0.1) is 6.92 Å². The molecule has 1 aliphatic heterocycles. The van der Waals surface area contributed by atoms with Crippen LogP contribution in [0.25, 0.3) is 16.9 Å². The normalized spacial score (nSPS) is 17.5. The zero-order chi connectivity index (χ0) is 20.5. The molecule has 1 unspecified atom stereocenters. The Labute approximate surface area is 180 Å². The summed E-state index contributed by atoms with van der Waals surface area (Å²) in [5, 5.41) is 5.62. The maximum absolute atomic E-state index is 6.03. The summed E-state index contributed by atoms with van der Waals surface area (Å²) < 4.78 is 2.02. The van der Waals surface area contributed by atoms with Crippen LogP contribution >= 0.6 is 11.6 Å². The van der Waals surface area contributed by atoms with E-state index < -0.39 is 0 Å². The van der Waals surface area contributed by atoms with Crippen molar-refractivity contribution in [1.82, 2.24) is 29.5 Å². The molecule has 0 N–H and O–H groups in total. The predicted octanol–water partition coefficient (Wildman–Crippen LogP) is 4.53. The fraction of sp³-hybridized carbons (Fsp3) is 0.304. The lowest BCUT2D eigenvalue weighted by atomic mass is 9.94. The number of fused-ring (bicyclic) bond motifs is 1. The third kappa shape index (κ3) is 3.68. The molecule has 152 valence electrons. The van der Waals surface area contributed by atoms with Crippen LogP contribution in [0.4, 0.5) is 0 Å². The number of aryl methyl sites for hydroxylation is 1. The molecule has 4 heterocycles. The molecule has 0 spiro atoms. The highest BCUT2D eigenvalue weighted by molar-refractivity contribution is 6.30. The Morgan fingerprint density at radius 1 is 1.07 bits per heavy atom. The zero-order valence-electron chi connectivity index (χ0n) is 16.9. The number of aromatic nitrogens is 5. The summed E-state index contributed by atoms with van der Waals surface area (Å²) in [6, 6.07) is 12.2. The van der Waals surface area contributed by atoms with Crippen LogP contribution in [0.2, 0.25) is 5.02 Å². The molecule has 0 aliphatic carbocycles. The van der Waals surface area contributed by atoms with Gasteiger partial charge in [-0.05, 0) is 56.1 Å². The molecule has 30 heavy (non-hydrogen) atoms. The molecular formula is C23H23ClN6. The number of hydrogen-bond acceptors (Lipinski definition) is 5. The Balaban J connectivity index is 1.45. The van der Waals surface area contributed by atoms with Gasteiger partial charge in [-0.15, -0.1) is 0 Å². The highest BCUT2D eigenvalue weighted by Crippen LogP contribution is 2.31. The lowest BCUT2D eigenvalue weighted by molar-refractivity contribution is 0.197. The summed E-state index contributed by atoms with van der Waals surface area (Å²) in [6.45, 7) is 5.07. The monoisotopic (exact) mass is 418 g/mol. The molecule has 1 aliphatic rings. The first-order valence-corrected chi connectivity index (χ1v) is 10.6. The highest BCUT2D eigenvalue weighted by Gasteiger charge is 2.25. The van der Waals surface area contributed by atoms with E-state index >= 15 is 0 Å². The SMILES string of the molecule is Cc1nn2c(C3CCCN(Cc4ccc(Cl)cc4)C3)ccnc2c1-c1ccncn1. The average Bonchev–Trinajstić information content (AvgIpc) is 3.12. The topological polar surface area (TPSA) is 59.2 Å². The summed E-state index contributed by atoms with van der Waals surface area (Å²) in [4.78, 5) is 15.6. The van der Waals surface area contributed by atoms with Crippen molar-refractivity contribution in [1.29, 1.82) is 0 Å². The second-order valence-electron chi connectivity index (χ2n) is 7.86. The Hall–Kier alpha value is -2.83. The number of nitrogens with zero attached hydrogens (tertiary/aromatic N) is 6. The summed E-state index contributed by atoms with van der Waals surface area (Å²) in [5.74, 6) is 0.411. The van der Waals surface area contributed by atoms with E-state index in [1.54, 1.807) is 12.5 Å². The molecule has 1 saturated heterocycles. The number of likely N-dealkylation sites (tertiary alicyclic amines) is 1. The Kier molecular flexibility index (Phi) is 5.19. The third-order valence-electron chi connectivity index (χ3n) is 5.80. The summed E-state index contributed by atoms with van der Waals surface area (Å²) in [7, 11) is 0. The van der Waals surface area contributed by atoms with Crippen LogP contribution in [0.1, 0.15) is 35.7 Å². The van der Waals surface area contributed by atoms with Crippen LogP contribution in [0.5, 0.6) is 0 Å². The van der Waals surface area contributed by atoms with Crippen molar-refractivity contribution in [2.45, 2.75) is 32.2 Å². The van der Waals surface area contributed by atoms with Gasteiger partial charge < -0.3 is 0 Å². The molecule has 6 nitrogen and oxygen atoms in total. The summed E-state index contributed by atoms with van der Waals surface area (Å²) in [5.41, 5.74) is 6.13. The molecule has 4 aromatic rings. The number of hydrogen-bond donors (Lipinski definition) is 0. The standard InChI is InChI=1S/C23H23ClN6/c1-16-22(20-8-10-25-15-27-20)23-26-11-9-21(30(23)28-16)18-3-2-12-29(14-18)13-17-4-6-19(24)7-5-17/h4-11,15,18H,2-3,12-14H2,1H3. The van der Waals surface area contributed by atoms with Gasteiger partial charge in [0.25, 0.3) is 0 Å². The van der Waals surface area contributed by atoms with Crippen molar-refractivity contribution >= 4 is 17.2 Å². The maximum atomic E-state index is 6.03. The number of piperidine rings is 1. The van der Waals surface area contributed by atoms with Crippen molar-refractivity contribution in [3.8, 4) is 11.3 Å². The lowest BCUT2D eigenvalue weighted by Crippen LogP contribution is -2.34. The molecule has 1 aromatic carbocycles. The summed E-state index contributed by atoms with van der Waals surface area (Å²) >= 11 is 6.03. The van der Waals surface area contributed by atoms with Crippen molar-refractivity contribution in [3.05, 3.63) is 77.1 Å². The van der Waals surface area contributed by atoms with Crippen LogP contribution in [0.15, 0.2) is 55.1 Å². The van der Waals surface area contributed by atoms with E-state index in [1.807, 2.05) is 35.8 Å². The minimum atomic E-state index is 0.411. The number of halogens is 1. The van der Waals surface area contributed by atoms with E-state index in [0.717, 1.165) is 53.7 Å². The van der Waals surface area contributed by atoms with Gasteiger partial charge in [0.05, 0.1) is 22.6 Å². The molecule has 5 rings (SSSR count). The van der Waals surface area contributed by atoms with Crippen LogP contribution in [-0.4, -0.2) is 42.6 Å². The number of rotatable bonds is 4. The highest BCUT2D eigenvalue weighted by atomic mass is 35.5. The minimum absolute atomic E-state index is 0.411. The van der Waals surface area contributed by atoms with E-state index in [-0.39, 0.29) is 0 Å². The Morgan fingerprint density at radius 3 is 2.73 bits per heavy atom. The molecule has 3 aromatic heterocycles.